The highest BCUT2D eigenvalue weighted by molar-refractivity contribution is 9.10. The van der Waals surface area contributed by atoms with E-state index in [0.29, 0.717) is 0 Å². The first-order valence-corrected chi connectivity index (χ1v) is 7.81. The molecule has 0 amide bonds. The summed E-state index contributed by atoms with van der Waals surface area (Å²) in [5, 5.41) is 3.52. The quantitative estimate of drug-likeness (QED) is 0.914. The summed E-state index contributed by atoms with van der Waals surface area (Å²) in [6.07, 6.45) is 3.90. The first kappa shape index (κ1) is 13.7. The Balaban J connectivity index is 2.06. The molecule has 0 saturated carbocycles. The lowest BCUT2D eigenvalue weighted by Crippen LogP contribution is -2.24. The van der Waals surface area contributed by atoms with Crippen LogP contribution in [0.4, 0.5) is 0 Å². The second kappa shape index (κ2) is 6.02. The smallest absolute Gasteiger partial charge is 0.174 e. The molecular formula is C16H18BrNO2. The third kappa shape index (κ3) is 2.50. The van der Waals surface area contributed by atoms with E-state index in [9.17, 15) is 0 Å². The number of benzene rings is 1. The Hall–Kier alpha value is -1.26. The van der Waals surface area contributed by atoms with E-state index in [2.05, 4.69) is 46.4 Å². The Kier molecular flexibility index (Phi) is 4.13. The number of halogens is 1. The fourth-order valence-electron chi connectivity index (χ4n) is 2.74. The van der Waals surface area contributed by atoms with E-state index in [1.165, 1.54) is 11.1 Å². The maximum absolute atomic E-state index is 5.93. The molecule has 0 fully saturated rings. The molecule has 1 atom stereocenters. The number of nitrogens with one attached hydrogen (secondary N) is 1. The van der Waals surface area contributed by atoms with Gasteiger partial charge in [-0.2, -0.15) is 0 Å². The van der Waals surface area contributed by atoms with Crippen LogP contribution in [0.5, 0.6) is 5.75 Å². The van der Waals surface area contributed by atoms with E-state index in [-0.39, 0.29) is 6.04 Å². The zero-order chi connectivity index (χ0) is 13.9. The van der Waals surface area contributed by atoms with Crippen molar-refractivity contribution in [2.75, 3.05) is 13.2 Å². The Morgan fingerprint density at radius 2 is 2.20 bits per heavy atom. The van der Waals surface area contributed by atoms with Gasteiger partial charge in [0, 0.05) is 11.1 Å². The zero-order valence-corrected chi connectivity index (χ0v) is 13.1. The van der Waals surface area contributed by atoms with Crippen molar-refractivity contribution in [3.8, 4) is 5.75 Å². The summed E-state index contributed by atoms with van der Waals surface area (Å²) in [6.45, 7) is 3.79. The molecule has 1 aliphatic heterocycles. The van der Waals surface area contributed by atoms with Gasteiger partial charge in [0.2, 0.25) is 0 Å². The van der Waals surface area contributed by atoms with Gasteiger partial charge in [0.05, 0.1) is 18.9 Å². The summed E-state index contributed by atoms with van der Waals surface area (Å²) in [5.74, 6) is 1.04. The molecule has 1 aromatic heterocycles. The fraction of sp³-hybridized carbons (Fsp3) is 0.375. The number of hydrogen-bond acceptors (Lipinski definition) is 3. The SMILES string of the molecule is CCNC(c1ccoc1Br)c1cccc2c1OCCC2. The van der Waals surface area contributed by atoms with Crippen molar-refractivity contribution in [1.29, 1.82) is 0 Å². The molecule has 106 valence electrons. The number of para-hydroxylation sites is 1. The van der Waals surface area contributed by atoms with Gasteiger partial charge in [0.1, 0.15) is 5.75 Å². The van der Waals surface area contributed by atoms with Gasteiger partial charge in [-0.05, 0) is 46.9 Å². The molecule has 3 rings (SSSR count). The summed E-state index contributed by atoms with van der Waals surface area (Å²) in [7, 11) is 0. The normalized spacial score (nSPS) is 15.5. The average Bonchev–Trinajstić information content (AvgIpc) is 2.90. The second-order valence-corrected chi connectivity index (χ2v) is 5.65. The lowest BCUT2D eigenvalue weighted by Gasteiger charge is -2.25. The van der Waals surface area contributed by atoms with Crippen molar-refractivity contribution >= 4 is 15.9 Å². The first-order valence-electron chi connectivity index (χ1n) is 7.02. The second-order valence-electron chi connectivity index (χ2n) is 4.93. The van der Waals surface area contributed by atoms with Crippen LogP contribution < -0.4 is 10.1 Å². The van der Waals surface area contributed by atoms with Crippen LogP contribution in [0.3, 0.4) is 0 Å². The number of aryl methyl sites for hydroxylation is 1. The van der Waals surface area contributed by atoms with Crippen LogP contribution in [-0.4, -0.2) is 13.2 Å². The summed E-state index contributed by atoms with van der Waals surface area (Å²) in [5.41, 5.74) is 3.59. The van der Waals surface area contributed by atoms with Crippen molar-refractivity contribution in [1.82, 2.24) is 5.32 Å². The highest BCUT2D eigenvalue weighted by atomic mass is 79.9. The summed E-state index contributed by atoms with van der Waals surface area (Å²) in [6, 6.07) is 8.49. The van der Waals surface area contributed by atoms with Crippen LogP contribution in [0.15, 0.2) is 39.6 Å². The maximum Gasteiger partial charge on any atom is 0.174 e. The predicted molar refractivity (Wildman–Crippen MR) is 82.2 cm³/mol. The van der Waals surface area contributed by atoms with E-state index in [4.69, 9.17) is 9.15 Å². The third-order valence-electron chi connectivity index (χ3n) is 3.64. The number of furan rings is 1. The molecule has 1 aliphatic rings. The molecule has 1 aromatic carbocycles. The predicted octanol–water partition coefficient (Wildman–Crippen LogP) is 4.07. The topological polar surface area (TPSA) is 34.4 Å². The Morgan fingerprint density at radius 1 is 1.30 bits per heavy atom. The van der Waals surface area contributed by atoms with Crippen LogP contribution in [-0.2, 0) is 6.42 Å². The summed E-state index contributed by atoms with van der Waals surface area (Å²) in [4.78, 5) is 0. The highest BCUT2D eigenvalue weighted by Gasteiger charge is 2.24. The average molecular weight is 336 g/mol. The third-order valence-corrected chi connectivity index (χ3v) is 4.28. The molecule has 0 bridgehead atoms. The minimum absolute atomic E-state index is 0.0844. The van der Waals surface area contributed by atoms with Gasteiger partial charge in [-0.15, -0.1) is 0 Å². The van der Waals surface area contributed by atoms with Crippen molar-refractivity contribution in [3.63, 3.8) is 0 Å². The molecule has 3 nitrogen and oxygen atoms in total. The first-order chi connectivity index (χ1) is 9.81. The van der Waals surface area contributed by atoms with Crippen LogP contribution in [0.2, 0.25) is 0 Å². The van der Waals surface area contributed by atoms with Crippen molar-refractivity contribution in [2.24, 2.45) is 0 Å². The molecule has 0 spiro atoms. The molecule has 20 heavy (non-hydrogen) atoms. The molecule has 4 heteroatoms. The van der Waals surface area contributed by atoms with E-state index < -0.39 is 0 Å². The van der Waals surface area contributed by atoms with Gasteiger partial charge in [0.25, 0.3) is 0 Å². The van der Waals surface area contributed by atoms with E-state index >= 15 is 0 Å². The molecule has 0 radical (unpaired) electrons. The van der Waals surface area contributed by atoms with Crippen LogP contribution in [0.25, 0.3) is 0 Å². The molecule has 2 heterocycles. The van der Waals surface area contributed by atoms with Gasteiger partial charge in [0.15, 0.2) is 4.67 Å². The van der Waals surface area contributed by atoms with Crippen LogP contribution in [0, 0.1) is 0 Å². The highest BCUT2D eigenvalue weighted by Crippen LogP contribution is 2.38. The van der Waals surface area contributed by atoms with Crippen molar-refractivity contribution in [2.45, 2.75) is 25.8 Å². The monoisotopic (exact) mass is 335 g/mol. The molecule has 2 aromatic rings. The molecule has 1 unspecified atom stereocenters. The Bertz CT molecular complexity index is 594. The van der Waals surface area contributed by atoms with E-state index in [0.717, 1.165) is 42.0 Å². The number of rotatable bonds is 4. The minimum atomic E-state index is 0.0844. The zero-order valence-electron chi connectivity index (χ0n) is 11.5. The summed E-state index contributed by atoms with van der Waals surface area (Å²) >= 11 is 3.48. The Morgan fingerprint density at radius 3 is 2.95 bits per heavy atom. The largest absolute Gasteiger partial charge is 0.493 e. The van der Waals surface area contributed by atoms with Crippen molar-refractivity contribution < 1.29 is 9.15 Å². The number of hydrogen-bond donors (Lipinski definition) is 1. The maximum atomic E-state index is 5.93. The fourth-order valence-corrected chi connectivity index (χ4v) is 3.21. The molecule has 0 saturated heterocycles. The molecule has 1 N–H and O–H groups in total. The Labute approximate surface area is 127 Å². The van der Waals surface area contributed by atoms with Crippen molar-refractivity contribution in [3.05, 3.63) is 51.9 Å². The van der Waals surface area contributed by atoms with Gasteiger partial charge in [-0.25, -0.2) is 0 Å². The number of fused-ring (bicyclic) bond motifs is 1. The summed E-state index contributed by atoms with van der Waals surface area (Å²) < 4.78 is 12.1. The number of ether oxygens (including phenoxy) is 1. The van der Waals surface area contributed by atoms with E-state index in [1.807, 2.05) is 6.07 Å². The van der Waals surface area contributed by atoms with Gasteiger partial charge >= 0.3 is 0 Å². The lowest BCUT2D eigenvalue weighted by molar-refractivity contribution is 0.283. The molecule has 0 aliphatic carbocycles. The molecular weight excluding hydrogens is 318 g/mol. The van der Waals surface area contributed by atoms with Gasteiger partial charge in [-0.1, -0.05) is 25.1 Å². The van der Waals surface area contributed by atoms with Crippen LogP contribution in [0.1, 0.15) is 36.1 Å². The van der Waals surface area contributed by atoms with Gasteiger partial charge in [-0.3, -0.25) is 0 Å². The van der Waals surface area contributed by atoms with E-state index in [1.54, 1.807) is 6.26 Å². The van der Waals surface area contributed by atoms with Crippen LogP contribution >= 0.6 is 15.9 Å². The minimum Gasteiger partial charge on any atom is -0.493 e. The van der Waals surface area contributed by atoms with Gasteiger partial charge < -0.3 is 14.5 Å². The standard InChI is InChI=1S/C16H18BrNO2/c1-2-18-14(13-8-10-20-16(13)17)12-7-3-5-11-6-4-9-19-15(11)12/h3,5,7-8,10,14,18H,2,4,6,9H2,1H3. The lowest BCUT2D eigenvalue weighted by atomic mass is 9.95.